The van der Waals surface area contributed by atoms with Crippen LogP contribution >= 0.6 is 11.8 Å². The summed E-state index contributed by atoms with van der Waals surface area (Å²) in [4.78, 5) is 2.12. The van der Waals surface area contributed by atoms with Crippen molar-refractivity contribution in [3.05, 3.63) is 0 Å². The Morgan fingerprint density at radius 2 is 2.32 bits per heavy atom. The average Bonchev–Trinajstić information content (AvgIpc) is 2.88. The Bertz CT molecular complexity index is 394. The Hall–Kier alpha value is 0.180. The second kappa shape index (κ2) is 6.30. The summed E-state index contributed by atoms with van der Waals surface area (Å²) in [5.74, 6) is 1.88. The molecule has 0 aromatic rings. The van der Waals surface area contributed by atoms with Gasteiger partial charge in [0.05, 0.1) is 6.61 Å². The number of nitrogens with zero attached hydrogens (tertiary/aromatic N) is 1. The maximum atomic E-state index is 12.2. The van der Waals surface area contributed by atoms with Gasteiger partial charge >= 0.3 is 0 Å². The van der Waals surface area contributed by atoms with Gasteiger partial charge < -0.3 is 10.5 Å². The summed E-state index contributed by atoms with van der Waals surface area (Å²) in [5.41, 5.74) is 5.86. The topological polar surface area (TPSA) is 72.6 Å². The zero-order valence-corrected chi connectivity index (χ0v) is 13.1. The van der Waals surface area contributed by atoms with E-state index in [0.717, 1.165) is 31.9 Å². The number of thioether (sulfide) groups is 1. The van der Waals surface area contributed by atoms with Crippen molar-refractivity contribution >= 4 is 21.6 Å². The molecule has 19 heavy (non-hydrogen) atoms. The first-order valence-corrected chi connectivity index (χ1v) is 9.71. The average molecular weight is 308 g/mol. The van der Waals surface area contributed by atoms with E-state index in [2.05, 4.69) is 4.90 Å². The molecule has 5 nitrogen and oxygen atoms in total. The van der Waals surface area contributed by atoms with Crippen molar-refractivity contribution in [2.75, 3.05) is 50.1 Å². The molecule has 2 unspecified atom stereocenters. The summed E-state index contributed by atoms with van der Waals surface area (Å²) in [7, 11) is -3.02. The first kappa shape index (κ1) is 15.6. The fraction of sp³-hybridized carbons (Fsp3) is 1.00. The van der Waals surface area contributed by atoms with E-state index in [1.54, 1.807) is 18.7 Å². The summed E-state index contributed by atoms with van der Waals surface area (Å²) in [5, 5.41) is -0.347. The Morgan fingerprint density at radius 1 is 1.53 bits per heavy atom. The van der Waals surface area contributed by atoms with Crippen molar-refractivity contribution in [2.24, 2.45) is 11.1 Å². The van der Waals surface area contributed by atoms with E-state index in [9.17, 15) is 8.42 Å². The maximum absolute atomic E-state index is 12.2. The lowest BCUT2D eigenvalue weighted by Crippen LogP contribution is -2.53. The van der Waals surface area contributed by atoms with E-state index in [0.29, 0.717) is 18.9 Å². The lowest BCUT2D eigenvalue weighted by Gasteiger charge is -2.40. The minimum Gasteiger partial charge on any atom is -0.381 e. The molecule has 2 aliphatic rings. The Labute approximate surface area is 120 Å². The van der Waals surface area contributed by atoms with Gasteiger partial charge in [-0.3, -0.25) is 4.90 Å². The lowest BCUT2D eigenvalue weighted by molar-refractivity contribution is 0.113. The molecule has 2 heterocycles. The van der Waals surface area contributed by atoms with Crippen LogP contribution in [0.3, 0.4) is 0 Å². The molecule has 0 amide bonds. The monoisotopic (exact) mass is 308 g/mol. The van der Waals surface area contributed by atoms with Crippen molar-refractivity contribution in [1.29, 1.82) is 0 Å². The molecule has 2 aliphatic heterocycles. The second-order valence-corrected chi connectivity index (χ2v) is 9.06. The highest BCUT2D eigenvalue weighted by Gasteiger charge is 2.40. The molecular formula is C12H24N2O3S2. The van der Waals surface area contributed by atoms with Gasteiger partial charge in [-0.15, -0.1) is 0 Å². The first-order chi connectivity index (χ1) is 9.03. The van der Waals surface area contributed by atoms with Crippen LogP contribution in [0.5, 0.6) is 0 Å². The van der Waals surface area contributed by atoms with Crippen molar-refractivity contribution in [2.45, 2.75) is 18.7 Å². The quantitative estimate of drug-likeness (QED) is 0.780. The summed E-state index contributed by atoms with van der Waals surface area (Å²) < 4.78 is 29.9. The van der Waals surface area contributed by atoms with Gasteiger partial charge in [0, 0.05) is 48.9 Å². The zero-order valence-electron chi connectivity index (χ0n) is 11.5. The number of nitrogens with two attached hydrogens (primary N) is 1. The summed E-state index contributed by atoms with van der Waals surface area (Å²) >= 11 is 1.73. The molecule has 0 aromatic heterocycles. The Morgan fingerprint density at radius 3 is 2.89 bits per heavy atom. The zero-order chi connectivity index (χ0) is 13.9. The van der Waals surface area contributed by atoms with Crippen LogP contribution in [0.2, 0.25) is 0 Å². The predicted octanol–water partition coefficient (Wildman–Crippen LogP) is 0.161. The number of hydrogen-bond donors (Lipinski definition) is 1. The molecule has 0 spiro atoms. The van der Waals surface area contributed by atoms with Crippen LogP contribution in [0.25, 0.3) is 0 Å². The van der Waals surface area contributed by atoms with Crippen LogP contribution in [-0.2, 0) is 14.6 Å². The van der Waals surface area contributed by atoms with Crippen LogP contribution in [-0.4, -0.2) is 68.8 Å². The molecule has 0 aliphatic carbocycles. The number of ether oxygens (including phenoxy) is 1. The highest BCUT2D eigenvalue weighted by atomic mass is 32.2. The predicted molar refractivity (Wildman–Crippen MR) is 79.1 cm³/mol. The number of rotatable bonds is 5. The summed E-state index contributed by atoms with van der Waals surface area (Å²) in [6.45, 7) is 5.26. The standard InChI is InChI=1S/C12H24N2O3S2/c1-2-19(15,16)11-7-18-6-4-14(11)9-12(8-13)3-5-17-10-12/h11H,2-10,13H2,1H3. The van der Waals surface area contributed by atoms with Crippen LogP contribution < -0.4 is 5.73 Å². The van der Waals surface area contributed by atoms with Crippen molar-refractivity contribution in [3.8, 4) is 0 Å². The van der Waals surface area contributed by atoms with E-state index in [1.165, 1.54) is 0 Å². The van der Waals surface area contributed by atoms with E-state index in [1.807, 2.05) is 0 Å². The fourth-order valence-corrected chi connectivity index (χ4v) is 5.83. The molecule has 2 N–H and O–H groups in total. The minimum atomic E-state index is -3.02. The third-order valence-corrected chi connectivity index (χ3v) is 7.50. The molecule has 2 fully saturated rings. The Balaban J connectivity index is 2.12. The molecule has 112 valence electrons. The highest BCUT2D eigenvalue weighted by molar-refractivity contribution is 8.01. The molecule has 0 bridgehead atoms. The third kappa shape index (κ3) is 3.44. The smallest absolute Gasteiger partial charge is 0.166 e. The molecule has 0 radical (unpaired) electrons. The maximum Gasteiger partial charge on any atom is 0.166 e. The molecule has 7 heteroatoms. The molecule has 2 rings (SSSR count). The van der Waals surface area contributed by atoms with Gasteiger partial charge in [-0.25, -0.2) is 8.42 Å². The van der Waals surface area contributed by atoms with Crippen molar-refractivity contribution in [3.63, 3.8) is 0 Å². The Kier molecular flexibility index (Phi) is 5.16. The van der Waals surface area contributed by atoms with Crippen LogP contribution in [0.15, 0.2) is 0 Å². The van der Waals surface area contributed by atoms with Crippen LogP contribution in [0.4, 0.5) is 0 Å². The normalized spacial score (nSPS) is 33.7. The van der Waals surface area contributed by atoms with E-state index in [4.69, 9.17) is 10.5 Å². The van der Waals surface area contributed by atoms with E-state index >= 15 is 0 Å². The number of sulfone groups is 1. The van der Waals surface area contributed by atoms with Crippen molar-refractivity contribution < 1.29 is 13.2 Å². The molecule has 2 atom stereocenters. The molecule has 2 saturated heterocycles. The second-order valence-electron chi connectivity index (χ2n) is 5.46. The molecular weight excluding hydrogens is 284 g/mol. The van der Waals surface area contributed by atoms with Gasteiger partial charge in [0.1, 0.15) is 5.37 Å². The van der Waals surface area contributed by atoms with Gasteiger partial charge in [-0.2, -0.15) is 11.8 Å². The largest absolute Gasteiger partial charge is 0.381 e. The summed E-state index contributed by atoms with van der Waals surface area (Å²) in [6.07, 6.45) is 0.937. The lowest BCUT2D eigenvalue weighted by atomic mass is 9.87. The highest BCUT2D eigenvalue weighted by Crippen LogP contribution is 2.32. The summed E-state index contributed by atoms with van der Waals surface area (Å²) in [6, 6.07) is 0. The van der Waals surface area contributed by atoms with E-state index < -0.39 is 9.84 Å². The minimum absolute atomic E-state index is 0.0521. The van der Waals surface area contributed by atoms with Crippen LogP contribution in [0, 0.1) is 5.41 Å². The molecule has 0 saturated carbocycles. The van der Waals surface area contributed by atoms with Gasteiger partial charge in [-0.05, 0) is 6.42 Å². The van der Waals surface area contributed by atoms with E-state index in [-0.39, 0.29) is 16.5 Å². The van der Waals surface area contributed by atoms with Crippen molar-refractivity contribution in [1.82, 2.24) is 4.90 Å². The van der Waals surface area contributed by atoms with Gasteiger partial charge in [0.15, 0.2) is 9.84 Å². The van der Waals surface area contributed by atoms with Crippen LogP contribution in [0.1, 0.15) is 13.3 Å². The molecule has 0 aromatic carbocycles. The van der Waals surface area contributed by atoms with Gasteiger partial charge in [-0.1, -0.05) is 6.92 Å². The third-order valence-electron chi connectivity index (χ3n) is 4.16. The van der Waals surface area contributed by atoms with Gasteiger partial charge in [0.25, 0.3) is 0 Å². The SMILES string of the molecule is CCS(=O)(=O)C1CSCCN1CC1(CN)CCOC1. The fourth-order valence-electron chi connectivity index (χ4n) is 2.75. The van der Waals surface area contributed by atoms with Gasteiger partial charge in [0.2, 0.25) is 0 Å². The number of hydrogen-bond acceptors (Lipinski definition) is 6. The first-order valence-electron chi connectivity index (χ1n) is 6.84.